The fourth-order valence-electron chi connectivity index (χ4n) is 2.13. The molecule has 78 valence electrons. The van der Waals surface area contributed by atoms with Crippen molar-refractivity contribution >= 4 is 0 Å². The average molecular weight is 183 g/mol. The maximum absolute atomic E-state index is 2.47. The van der Waals surface area contributed by atoms with E-state index in [1.165, 1.54) is 38.6 Å². The van der Waals surface area contributed by atoms with Gasteiger partial charge in [0.1, 0.15) is 0 Å². The van der Waals surface area contributed by atoms with Crippen LogP contribution in [-0.4, -0.2) is 24.5 Å². The maximum atomic E-state index is 2.47. The second-order valence-corrected chi connectivity index (χ2v) is 5.03. The van der Waals surface area contributed by atoms with Crippen LogP contribution < -0.4 is 0 Å². The SMILES string of the molecule is CCC1(CCN(C)C(C)C)CCC1. The largest absolute Gasteiger partial charge is 0.304 e. The van der Waals surface area contributed by atoms with Crippen LogP contribution in [0.5, 0.6) is 0 Å². The van der Waals surface area contributed by atoms with Gasteiger partial charge in [0.05, 0.1) is 0 Å². The highest BCUT2D eigenvalue weighted by atomic mass is 15.1. The van der Waals surface area contributed by atoms with E-state index in [4.69, 9.17) is 0 Å². The zero-order chi connectivity index (χ0) is 9.90. The lowest BCUT2D eigenvalue weighted by Gasteiger charge is -2.42. The van der Waals surface area contributed by atoms with E-state index in [-0.39, 0.29) is 0 Å². The summed E-state index contributed by atoms with van der Waals surface area (Å²) >= 11 is 0. The first-order chi connectivity index (χ1) is 6.09. The highest BCUT2D eigenvalue weighted by Crippen LogP contribution is 2.46. The number of nitrogens with zero attached hydrogens (tertiary/aromatic N) is 1. The molecule has 0 aromatic carbocycles. The lowest BCUT2D eigenvalue weighted by Crippen LogP contribution is -2.35. The molecule has 1 fully saturated rings. The number of rotatable bonds is 5. The molecule has 0 aliphatic heterocycles. The van der Waals surface area contributed by atoms with Gasteiger partial charge in [-0.05, 0) is 52.1 Å². The molecule has 0 amide bonds. The van der Waals surface area contributed by atoms with Crippen LogP contribution >= 0.6 is 0 Å². The Labute approximate surface area is 83.5 Å². The van der Waals surface area contributed by atoms with Crippen molar-refractivity contribution in [3.05, 3.63) is 0 Å². The highest BCUT2D eigenvalue weighted by molar-refractivity contribution is 4.87. The van der Waals surface area contributed by atoms with Gasteiger partial charge in [0.2, 0.25) is 0 Å². The van der Waals surface area contributed by atoms with Crippen LogP contribution in [0.2, 0.25) is 0 Å². The molecule has 0 aromatic rings. The fourth-order valence-corrected chi connectivity index (χ4v) is 2.13. The van der Waals surface area contributed by atoms with Crippen molar-refractivity contribution in [2.24, 2.45) is 5.41 Å². The molecule has 0 N–H and O–H groups in total. The summed E-state index contributed by atoms with van der Waals surface area (Å²) in [6.45, 7) is 8.19. The van der Waals surface area contributed by atoms with Crippen molar-refractivity contribution in [2.45, 2.75) is 58.9 Å². The normalized spacial score (nSPS) is 20.8. The minimum Gasteiger partial charge on any atom is -0.304 e. The molecule has 0 spiro atoms. The van der Waals surface area contributed by atoms with Crippen molar-refractivity contribution in [3.63, 3.8) is 0 Å². The molecule has 1 aliphatic carbocycles. The summed E-state index contributed by atoms with van der Waals surface area (Å²) in [4.78, 5) is 2.47. The Morgan fingerprint density at radius 1 is 1.31 bits per heavy atom. The molecule has 0 saturated heterocycles. The summed E-state index contributed by atoms with van der Waals surface area (Å²) < 4.78 is 0. The van der Waals surface area contributed by atoms with E-state index in [1.54, 1.807) is 0 Å². The van der Waals surface area contributed by atoms with Crippen LogP contribution in [-0.2, 0) is 0 Å². The second-order valence-electron chi connectivity index (χ2n) is 5.03. The molecule has 1 nitrogen and oxygen atoms in total. The standard InChI is InChI=1S/C12H25N/c1-5-12(7-6-8-12)9-10-13(4)11(2)3/h11H,5-10H2,1-4H3. The fraction of sp³-hybridized carbons (Fsp3) is 1.00. The summed E-state index contributed by atoms with van der Waals surface area (Å²) in [5.74, 6) is 0. The van der Waals surface area contributed by atoms with Gasteiger partial charge in [-0.25, -0.2) is 0 Å². The van der Waals surface area contributed by atoms with E-state index in [0.717, 1.165) is 5.41 Å². The highest BCUT2D eigenvalue weighted by Gasteiger charge is 2.34. The Bertz CT molecular complexity index is 142. The Balaban J connectivity index is 2.24. The molecule has 1 heteroatoms. The summed E-state index contributed by atoms with van der Waals surface area (Å²) in [6, 6.07) is 0.703. The lowest BCUT2D eigenvalue weighted by molar-refractivity contribution is 0.0912. The smallest absolute Gasteiger partial charge is 0.00355 e. The van der Waals surface area contributed by atoms with Gasteiger partial charge in [-0.2, -0.15) is 0 Å². The predicted molar refractivity (Wildman–Crippen MR) is 59.0 cm³/mol. The molecule has 1 saturated carbocycles. The Morgan fingerprint density at radius 2 is 1.92 bits per heavy atom. The molecule has 13 heavy (non-hydrogen) atoms. The zero-order valence-electron chi connectivity index (χ0n) is 9.77. The third-order valence-corrected chi connectivity index (χ3v) is 4.04. The van der Waals surface area contributed by atoms with Crippen LogP contribution in [0.1, 0.15) is 52.9 Å². The third kappa shape index (κ3) is 2.70. The first kappa shape index (κ1) is 11.0. The van der Waals surface area contributed by atoms with Gasteiger partial charge in [-0.1, -0.05) is 19.8 Å². The van der Waals surface area contributed by atoms with Crippen molar-refractivity contribution in [1.29, 1.82) is 0 Å². The van der Waals surface area contributed by atoms with Crippen molar-refractivity contribution < 1.29 is 0 Å². The molecule has 0 heterocycles. The van der Waals surface area contributed by atoms with Gasteiger partial charge >= 0.3 is 0 Å². The molecule has 1 rings (SSSR count). The maximum Gasteiger partial charge on any atom is 0.00355 e. The van der Waals surface area contributed by atoms with E-state index in [9.17, 15) is 0 Å². The van der Waals surface area contributed by atoms with Crippen molar-refractivity contribution in [2.75, 3.05) is 13.6 Å². The van der Waals surface area contributed by atoms with Gasteiger partial charge in [-0.3, -0.25) is 0 Å². The van der Waals surface area contributed by atoms with Crippen LogP contribution in [0, 0.1) is 5.41 Å². The van der Waals surface area contributed by atoms with Crippen molar-refractivity contribution in [3.8, 4) is 0 Å². The number of hydrogen-bond donors (Lipinski definition) is 0. The number of hydrogen-bond acceptors (Lipinski definition) is 1. The molecule has 0 radical (unpaired) electrons. The molecule has 0 atom stereocenters. The van der Waals surface area contributed by atoms with E-state index >= 15 is 0 Å². The average Bonchev–Trinajstić information content (AvgIpc) is 2.02. The van der Waals surface area contributed by atoms with Crippen LogP contribution in [0.25, 0.3) is 0 Å². The van der Waals surface area contributed by atoms with Gasteiger partial charge in [-0.15, -0.1) is 0 Å². The topological polar surface area (TPSA) is 3.24 Å². The van der Waals surface area contributed by atoms with Crippen LogP contribution in [0.15, 0.2) is 0 Å². The summed E-state index contributed by atoms with van der Waals surface area (Å²) in [5, 5.41) is 0. The molecular formula is C12H25N. The Kier molecular flexibility index (Phi) is 3.78. The summed E-state index contributed by atoms with van der Waals surface area (Å²) in [7, 11) is 2.24. The monoisotopic (exact) mass is 183 g/mol. The van der Waals surface area contributed by atoms with E-state index in [1.807, 2.05) is 0 Å². The quantitative estimate of drug-likeness (QED) is 0.632. The van der Waals surface area contributed by atoms with E-state index in [2.05, 4.69) is 32.7 Å². The zero-order valence-corrected chi connectivity index (χ0v) is 9.77. The van der Waals surface area contributed by atoms with E-state index < -0.39 is 0 Å². The second kappa shape index (κ2) is 4.45. The Morgan fingerprint density at radius 3 is 2.23 bits per heavy atom. The van der Waals surface area contributed by atoms with Gasteiger partial charge in [0, 0.05) is 6.04 Å². The predicted octanol–water partition coefficient (Wildman–Crippen LogP) is 3.30. The van der Waals surface area contributed by atoms with Crippen LogP contribution in [0.3, 0.4) is 0 Å². The first-order valence-electron chi connectivity index (χ1n) is 5.80. The molecule has 1 aliphatic rings. The molecule has 0 bridgehead atoms. The van der Waals surface area contributed by atoms with Gasteiger partial charge in [0.25, 0.3) is 0 Å². The van der Waals surface area contributed by atoms with Crippen LogP contribution in [0.4, 0.5) is 0 Å². The Hall–Kier alpha value is -0.0400. The summed E-state index contributed by atoms with van der Waals surface area (Å²) in [6.07, 6.45) is 7.24. The molecule has 0 aromatic heterocycles. The molecule has 0 unspecified atom stereocenters. The minimum absolute atomic E-state index is 0.703. The van der Waals surface area contributed by atoms with Crippen molar-refractivity contribution in [1.82, 2.24) is 4.90 Å². The lowest BCUT2D eigenvalue weighted by atomic mass is 9.65. The summed E-state index contributed by atoms with van der Waals surface area (Å²) in [5.41, 5.74) is 0.739. The van der Waals surface area contributed by atoms with Gasteiger partial charge in [0.15, 0.2) is 0 Å². The molecular weight excluding hydrogens is 158 g/mol. The first-order valence-corrected chi connectivity index (χ1v) is 5.80. The van der Waals surface area contributed by atoms with E-state index in [0.29, 0.717) is 6.04 Å². The minimum atomic E-state index is 0.703. The third-order valence-electron chi connectivity index (χ3n) is 4.04. The van der Waals surface area contributed by atoms with Gasteiger partial charge < -0.3 is 4.90 Å².